The van der Waals surface area contributed by atoms with Gasteiger partial charge in [-0.25, -0.2) is 0 Å². The summed E-state index contributed by atoms with van der Waals surface area (Å²) in [6.07, 6.45) is 28.4. The summed E-state index contributed by atoms with van der Waals surface area (Å²) in [4.78, 5) is 37.8. The van der Waals surface area contributed by atoms with Crippen molar-refractivity contribution in [3.63, 3.8) is 0 Å². The van der Waals surface area contributed by atoms with Crippen molar-refractivity contribution in [2.24, 2.45) is 11.8 Å². The molecule has 0 amide bonds. The summed E-state index contributed by atoms with van der Waals surface area (Å²) in [7, 11) is 1.05. The number of carbonyl (C=O) groups excluding carboxylic acids is 2. The molecule has 0 radical (unpaired) electrons. The largest absolute Gasteiger partial charge is 0.756 e. The minimum atomic E-state index is -4.68. The van der Waals surface area contributed by atoms with Gasteiger partial charge in [0.25, 0.3) is 7.82 Å². The number of carbonyl (C=O) groups is 2. The Kier molecular flexibility index (Phi) is 31.9. The molecule has 13 heteroatoms. The fourth-order valence-corrected chi connectivity index (χ4v) is 8.06. The lowest BCUT2D eigenvalue weighted by atomic mass is 9.88. The van der Waals surface area contributed by atoms with Crippen molar-refractivity contribution in [1.29, 1.82) is 0 Å². The van der Waals surface area contributed by atoms with Crippen LogP contribution >= 0.6 is 7.82 Å². The van der Waals surface area contributed by atoms with E-state index < -0.39 is 50.8 Å². The molecule has 0 bridgehead atoms. The molecule has 7 atom stereocenters. The van der Waals surface area contributed by atoms with E-state index in [9.17, 15) is 34.4 Å². The second-order valence-corrected chi connectivity index (χ2v) is 19.1. The molecular formula is C46H86NO11P. The van der Waals surface area contributed by atoms with Crippen LogP contribution in [0.1, 0.15) is 174 Å². The molecule has 1 aliphatic carbocycles. The third-order valence-electron chi connectivity index (χ3n) is 11.0. The molecule has 346 valence electrons. The Labute approximate surface area is 358 Å². The molecule has 1 rings (SSSR count). The maximum absolute atomic E-state index is 12.7. The maximum atomic E-state index is 12.7. The van der Waals surface area contributed by atoms with Crippen LogP contribution in [-0.4, -0.2) is 104 Å². The number of likely N-dealkylation sites (N-methyl/N-ethyl adjacent to an activating group) is 1. The summed E-state index contributed by atoms with van der Waals surface area (Å²) in [6.45, 7) is 3.87. The van der Waals surface area contributed by atoms with Crippen molar-refractivity contribution in [3.05, 3.63) is 24.3 Å². The molecule has 0 aliphatic heterocycles. The molecule has 0 aromatic carbocycles. The van der Waals surface area contributed by atoms with E-state index in [2.05, 4.69) is 26.0 Å². The molecule has 3 N–H and O–H groups in total. The number of rotatable bonds is 38. The minimum absolute atomic E-state index is 0.0654. The fourth-order valence-electron chi connectivity index (χ4n) is 7.33. The van der Waals surface area contributed by atoms with Crippen LogP contribution in [0, 0.1) is 11.8 Å². The van der Waals surface area contributed by atoms with Gasteiger partial charge in [-0.3, -0.25) is 14.2 Å². The number of allylic oxidation sites excluding steroid dienone is 2. The average Bonchev–Trinajstić information content (AvgIpc) is 3.44. The van der Waals surface area contributed by atoms with E-state index in [1.807, 2.05) is 27.2 Å². The number of aliphatic hydroxyl groups is 3. The molecule has 1 saturated carbocycles. The Balaban J connectivity index is 2.45. The van der Waals surface area contributed by atoms with Crippen LogP contribution in [0.4, 0.5) is 0 Å². The molecule has 0 saturated heterocycles. The number of phosphoric acid groups is 1. The molecule has 0 spiro atoms. The lowest BCUT2D eigenvalue weighted by Gasteiger charge is -2.28. The lowest BCUT2D eigenvalue weighted by molar-refractivity contribution is -0.870. The van der Waals surface area contributed by atoms with Crippen LogP contribution in [0.3, 0.4) is 0 Å². The first-order valence-electron chi connectivity index (χ1n) is 23.3. The Morgan fingerprint density at radius 2 is 1.31 bits per heavy atom. The van der Waals surface area contributed by atoms with Crippen LogP contribution in [0.15, 0.2) is 24.3 Å². The Hall–Kier alpha value is -1.63. The molecular weight excluding hydrogens is 773 g/mol. The zero-order valence-electron chi connectivity index (χ0n) is 37.8. The maximum Gasteiger partial charge on any atom is 0.306 e. The molecule has 12 nitrogen and oxygen atoms in total. The predicted molar refractivity (Wildman–Crippen MR) is 233 cm³/mol. The second-order valence-electron chi connectivity index (χ2n) is 17.7. The van der Waals surface area contributed by atoms with Crippen molar-refractivity contribution in [2.75, 3.05) is 47.5 Å². The van der Waals surface area contributed by atoms with E-state index in [1.54, 1.807) is 6.08 Å². The highest BCUT2D eigenvalue weighted by molar-refractivity contribution is 7.45. The van der Waals surface area contributed by atoms with Crippen molar-refractivity contribution in [2.45, 2.75) is 199 Å². The van der Waals surface area contributed by atoms with E-state index >= 15 is 0 Å². The van der Waals surface area contributed by atoms with E-state index in [0.29, 0.717) is 36.7 Å². The van der Waals surface area contributed by atoms with Gasteiger partial charge >= 0.3 is 11.9 Å². The van der Waals surface area contributed by atoms with Gasteiger partial charge in [-0.1, -0.05) is 128 Å². The van der Waals surface area contributed by atoms with Crippen molar-refractivity contribution in [1.82, 2.24) is 0 Å². The standard InChI is InChI=1S/C46H86NO11P/c1-6-8-10-11-12-13-14-15-16-17-18-19-20-21-27-31-46(52)58-40(38-57-59(53,54)56-35-34-47(3,4)5)37-55-45(51)30-26-23-22-25-29-41-42(44(50)36-43(41)49)33-32-39(48)28-24-9-7-2/h13-14,32-33,39-44,48-50H,6-12,15-31,34-38H2,1-5H3/b14-13-,33-32+/t39-,40+,41+,42+,43-,44+/m0/s1. The SMILES string of the molecule is CCCCCC/C=C\CCCCCCCCCC(=O)O[C@H](COC(=O)CCCCCC[C@@H]1[C@@H](/C=C/[C@@H](O)CCCCC)[C@H](O)C[C@@H]1O)COP(=O)([O-])OCC[N+](C)(C)C. The van der Waals surface area contributed by atoms with Gasteiger partial charge in [0.15, 0.2) is 6.10 Å². The molecule has 59 heavy (non-hydrogen) atoms. The van der Waals surface area contributed by atoms with Crippen LogP contribution in [0.25, 0.3) is 0 Å². The van der Waals surface area contributed by atoms with Gasteiger partial charge in [0, 0.05) is 25.2 Å². The number of nitrogens with zero attached hydrogens (tertiary/aromatic N) is 1. The molecule has 0 aromatic rings. The second kappa shape index (κ2) is 33.9. The Morgan fingerprint density at radius 3 is 1.93 bits per heavy atom. The van der Waals surface area contributed by atoms with Gasteiger partial charge in [0.05, 0.1) is 46.1 Å². The fraction of sp³-hybridized carbons (Fsp3) is 0.870. The van der Waals surface area contributed by atoms with Crippen LogP contribution < -0.4 is 4.89 Å². The first kappa shape index (κ1) is 55.4. The normalized spacial score (nSPS) is 20.6. The lowest BCUT2D eigenvalue weighted by Crippen LogP contribution is -2.37. The number of quaternary nitrogens is 1. The van der Waals surface area contributed by atoms with Crippen LogP contribution in [0.2, 0.25) is 0 Å². The molecule has 1 fully saturated rings. The molecule has 0 heterocycles. The highest BCUT2D eigenvalue weighted by Gasteiger charge is 2.39. The van der Waals surface area contributed by atoms with E-state index in [4.69, 9.17) is 18.5 Å². The van der Waals surface area contributed by atoms with Gasteiger partial charge in [0.2, 0.25) is 0 Å². The highest BCUT2D eigenvalue weighted by atomic mass is 31.2. The monoisotopic (exact) mass is 860 g/mol. The third-order valence-corrected chi connectivity index (χ3v) is 12.0. The zero-order valence-corrected chi connectivity index (χ0v) is 38.7. The van der Waals surface area contributed by atoms with Gasteiger partial charge < -0.3 is 43.2 Å². The number of aliphatic hydroxyl groups excluding tert-OH is 3. The first-order chi connectivity index (χ1) is 28.2. The number of unbranched alkanes of at least 4 members (excludes halogenated alkanes) is 16. The first-order valence-corrected chi connectivity index (χ1v) is 24.8. The van der Waals surface area contributed by atoms with E-state index in [0.717, 1.165) is 70.6 Å². The quantitative estimate of drug-likeness (QED) is 0.0178. The van der Waals surface area contributed by atoms with E-state index in [1.165, 1.54) is 51.4 Å². The van der Waals surface area contributed by atoms with Crippen LogP contribution in [-0.2, 0) is 32.7 Å². The van der Waals surface area contributed by atoms with Crippen LogP contribution in [0.5, 0.6) is 0 Å². The summed E-state index contributed by atoms with van der Waals surface area (Å²) in [5.41, 5.74) is 0. The number of esters is 2. The summed E-state index contributed by atoms with van der Waals surface area (Å²) in [5, 5.41) is 31.4. The minimum Gasteiger partial charge on any atom is -0.756 e. The summed E-state index contributed by atoms with van der Waals surface area (Å²) >= 11 is 0. The summed E-state index contributed by atoms with van der Waals surface area (Å²) < 4.78 is 33.9. The molecule has 1 aliphatic rings. The number of hydrogen-bond acceptors (Lipinski definition) is 11. The van der Waals surface area contributed by atoms with Gasteiger partial charge in [-0.15, -0.1) is 0 Å². The Bertz CT molecular complexity index is 1180. The Morgan fingerprint density at radius 1 is 0.746 bits per heavy atom. The topological polar surface area (TPSA) is 172 Å². The van der Waals surface area contributed by atoms with Crippen molar-refractivity contribution < 1.29 is 57.4 Å². The zero-order chi connectivity index (χ0) is 43.8. The molecule has 1 unspecified atom stereocenters. The number of phosphoric ester groups is 1. The third kappa shape index (κ3) is 31.0. The van der Waals surface area contributed by atoms with E-state index in [-0.39, 0.29) is 37.9 Å². The highest BCUT2D eigenvalue weighted by Crippen LogP contribution is 2.39. The number of hydrogen-bond donors (Lipinski definition) is 3. The van der Waals surface area contributed by atoms with Crippen molar-refractivity contribution in [3.8, 4) is 0 Å². The van der Waals surface area contributed by atoms with Gasteiger partial charge in [-0.2, -0.15) is 0 Å². The summed E-state index contributed by atoms with van der Waals surface area (Å²) in [6, 6.07) is 0. The predicted octanol–water partition coefficient (Wildman–Crippen LogP) is 8.88. The number of ether oxygens (including phenoxy) is 2. The van der Waals surface area contributed by atoms with Gasteiger partial charge in [-0.05, 0) is 57.3 Å². The smallest absolute Gasteiger partial charge is 0.306 e. The van der Waals surface area contributed by atoms with Crippen molar-refractivity contribution >= 4 is 19.8 Å². The molecule has 0 aromatic heterocycles. The van der Waals surface area contributed by atoms with Gasteiger partial charge in [0.1, 0.15) is 19.8 Å². The average molecular weight is 860 g/mol. The summed E-state index contributed by atoms with van der Waals surface area (Å²) in [5.74, 6) is -1.26.